The predicted octanol–water partition coefficient (Wildman–Crippen LogP) is 3.22. The van der Waals surface area contributed by atoms with Crippen LogP contribution >= 0.6 is 0 Å². The van der Waals surface area contributed by atoms with E-state index in [1.807, 2.05) is 6.07 Å². The molecule has 2 fully saturated rings. The number of nitrogens with one attached hydrogen (secondary N) is 2. The molecule has 0 unspecified atom stereocenters. The Morgan fingerprint density at radius 2 is 2.12 bits per heavy atom. The predicted molar refractivity (Wildman–Crippen MR) is 91.1 cm³/mol. The van der Waals surface area contributed by atoms with Crippen LogP contribution in [0.4, 0.5) is 20.3 Å². The third-order valence-corrected chi connectivity index (χ3v) is 4.78. The van der Waals surface area contributed by atoms with Crippen LogP contribution in [-0.2, 0) is 9.59 Å². The first-order chi connectivity index (χ1) is 12.5. The SMILES string of the molecule is O=C(Nc1cc(C2CC2)n[nH]1)[C@H]1CC(=O)N(c2cccc(C(F)F)c2)C1. The quantitative estimate of drug-likeness (QED) is 0.859. The second-order valence-corrected chi connectivity index (χ2v) is 6.77. The van der Waals surface area contributed by atoms with Crippen molar-refractivity contribution in [1.82, 2.24) is 10.2 Å². The fourth-order valence-electron chi connectivity index (χ4n) is 3.19. The van der Waals surface area contributed by atoms with Crippen LogP contribution in [0.5, 0.6) is 0 Å². The van der Waals surface area contributed by atoms with Gasteiger partial charge in [0.1, 0.15) is 5.82 Å². The van der Waals surface area contributed by atoms with Crippen LogP contribution in [0.15, 0.2) is 30.3 Å². The van der Waals surface area contributed by atoms with Gasteiger partial charge in [0.25, 0.3) is 6.43 Å². The molecule has 2 heterocycles. The summed E-state index contributed by atoms with van der Waals surface area (Å²) in [6.07, 6.45) is -0.328. The summed E-state index contributed by atoms with van der Waals surface area (Å²) in [4.78, 5) is 26.1. The third-order valence-electron chi connectivity index (χ3n) is 4.78. The van der Waals surface area contributed by atoms with Crippen molar-refractivity contribution in [3.05, 3.63) is 41.6 Å². The van der Waals surface area contributed by atoms with Gasteiger partial charge in [-0.15, -0.1) is 0 Å². The minimum absolute atomic E-state index is 0.0500. The molecular weight excluding hydrogens is 342 g/mol. The number of halogens is 2. The minimum atomic E-state index is -2.60. The highest BCUT2D eigenvalue weighted by Crippen LogP contribution is 2.39. The number of benzene rings is 1. The van der Waals surface area contributed by atoms with Gasteiger partial charge in [-0.05, 0) is 25.0 Å². The van der Waals surface area contributed by atoms with E-state index in [0.717, 1.165) is 18.5 Å². The molecule has 1 saturated carbocycles. The molecule has 0 spiro atoms. The van der Waals surface area contributed by atoms with E-state index in [1.54, 1.807) is 6.07 Å². The van der Waals surface area contributed by atoms with Gasteiger partial charge < -0.3 is 10.2 Å². The minimum Gasteiger partial charge on any atom is -0.312 e. The number of hydrogen-bond acceptors (Lipinski definition) is 3. The van der Waals surface area contributed by atoms with Crippen LogP contribution < -0.4 is 10.2 Å². The molecule has 2 aromatic rings. The van der Waals surface area contributed by atoms with Crippen molar-refractivity contribution in [1.29, 1.82) is 0 Å². The molecule has 1 saturated heterocycles. The largest absolute Gasteiger partial charge is 0.312 e. The standard InChI is InChI=1S/C18H18F2N4O2/c19-17(20)11-2-1-3-13(6-11)24-9-12(7-16(24)25)18(26)21-15-8-14(22-23-15)10-4-5-10/h1-3,6,8,10,12,17H,4-5,7,9H2,(H2,21,22,23,26)/t12-/m0/s1. The van der Waals surface area contributed by atoms with Crippen LogP contribution in [0.2, 0.25) is 0 Å². The zero-order valence-electron chi connectivity index (χ0n) is 13.9. The normalized spacial score (nSPS) is 20.0. The average Bonchev–Trinajstić information content (AvgIpc) is 3.25. The second kappa shape index (κ2) is 6.51. The first-order valence-electron chi connectivity index (χ1n) is 8.56. The molecule has 1 aromatic heterocycles. The molecule has 0 bridgehead atoms. The van der Waals surface area contributed by atoms with Crippen molar-refractivity contribution in [2.24, 2.45) is 5.92 Å². The van der Waals surface area contributed by atoms with Gasteiger partial charge in [-0.1, -0.05) is 12.1 Å². The summed E-state index contributed by atoms with van der Waals surface area (Å²) in [5.41, 5.74) is 1.18. The molecule has 4 rings (SSSR count). The molecule has 2 amide bonds. The Morgan fingerprint density at radius 3 is 2.85 bits per heavy atom. The Kier molecular flexibility index (Phi) is 4.18. The Labute approximate surface area is 148 Å². The van der Waals surface area contributed by atoms with Gasteiger partial charge in [-0.3, -0.25) is 14.7 Å². The molecule has 2 aliphatic rings. The van der Waals surface area contributed by atoms with Gasteiger partial charge in [-0.2, -0.15) is 5.10 Å². The fraction of sp³-hybridized carbons (Fsp3) is 0.389. The van der Waals surface area contributed by atoms with E-state index in [0.29, 0.717) is 17.4 Å². The van der Waals surface area contributed by atoms with Gasteiger partial charge >= 0.3 is 0 Å². The van der Waals surface area contributed by atoms with E-state index in [1.165, 1.54) is 23.1 Å². The Morgan fingerprint density at radius 1 is 1.31 bits per heavy atom. The van der Waals surface area contributed by atoms with Gasteiger partial charge in [0.05, 0.1) is 11.6 Å². The van der Waals surface area contributed by atoms with E-state index >= 15 is 0 Å². The van der Waals surface area contributed by atoms with Crippen molar-refractivity contribution >= 4 is 23.3 Å². The molecule has 1 atom stereocenters. The van der Waals surface area contributed by atoms with Crippen LogP contribution in [0.25, 0.3) is 0 Å². The Hall–Kier alpha value is -2.77. The summed E-state index contributed by atoms with van der Waals surface area (Å²) in [5, 5.41) is 9.72. The number of anilines is 2. The third kappa shape index (κ3) is 3.31. The maximum atomic E-state index is 12.9. The number of carbonyl (C=O) groups is 2. The number of carbonyl (C=O) groups excluding carboxylic acids is 2. The molecule has 1 aliphatic carbocycles. The number of alkyl halides is 2. The molecule has 6 nitrogen and oxygen atoms in total. The van der Waals surface area contributed by atoms with Crippen LogP contribution in [0, 0.1) is 5.92 Å². The lowest BCUT2D eigenvalue weighted by Crippen LogP contribution is -2.28. The molecule has 136 valence electrons. The van der Waals surface area contributed by atoms with Gasteiger partial charge in [0.2, 0.25) is 11.8 Å². The number of aromatic nitrogens is 2. The number of nitrogens with zero attached hydrogens (tertiary/aromatic N) is 2. The first kappa shape index (κ1) is 16.7. The summed E-state index contributed by atoms with van der Waals surface area (Å²) in [7, 11) is 0. The van der Waals surface area contributed by atoms with Crippen molar-refractivity contribution in [2.75, 3.05) is 16.8 Å². The van der Waals surface area contributed by atoms with Crippen LogP contribution in [0.3, 0.4) is 0 Å². The topological polar surface area (TPSA) is 78.1 Å². The number of hydrogen-bond donors (Lipinski definition) is 2. The van der Waals surface area contributed by atoms with E-state index < -0.39 is 12.3 Å². The fourth-order valence-corrected chi connectivity index (χ4v) is 3.19. The van der Waals surface area contributed by atoms with E-state index in [9.17, 15) is 18.4 Å². The zero-order chi connectivity index (χ0) is 18.3. The lowest BCUT2D eigenvalue weighted by molar-refractivity contribution is -0.122. The molecule has 8 heteroatoms. The van der Waals surface area contributed by atoms with Crippen LogP contribution in [-0.4, -0.2) is 28.6 Å². The van der Waals surface area contributed by atoms with Crippen molar-refractivity contribution in [3.8, 4) is 0 Å². The average molecular weight is 360 g/mol. The van der Waals surface area contributed by atoms with Gasteiger partial charge in [0, 0.05) is 36.2 Å². The Balaban J connectivity index is 1.43. The van der Waals surface area contributed by atoms with Crippen LogP contribution in [0.1, 0.15) is 42.9 Å². The maximum absolute atomic E-state index is 12.9. The van der Waals surface area contributed by atoms with Gasteiger partial charge in [-0.25, -0.2) is 8.78 Å². The lowest BCUT2D eigenvalue weighted by Gasteiger charge is -2.17. The maximum Gasteiger partial charge on any atom is 0.263 e. The molecule has 0 radical (unpaired) electrons. The number of aromatic amines is 1. The highest BCUT2D eigenvalue weighted by molar-refractivity contribution is 6.03. The van der Waals surface area contributed by atoms with E-state index in [4.69, 9.17) is 0 Å². The highest BCUT2D eigenvalue weighted by Gasteiger charge is 2.35. The summed E-state index contributed by atoms with van der Waals surface area (Å²) < 4.78 is 25.7. The highest BCUT2D eigenvalue weighted by atomic mass is 19.3. The lowest BCUT2D eigenvalue weighted by atomic mass is 10.1. The second-order valence-electron chi connectivity index (χ2n) is 6.77. The monoisotopic (exact) mass is 360 g/mol. The summed E-state index contributed by atoms with van der Waals surface area (Å²) in [6, 6.07) is 7.51. The van der Waals surface area contributed by atoms with Crippen molar-refractivity contribution in [2.45, 2.75) is 31.6 Å². The summed E-state index contributed by atoms with van der Waals surface area (Å²) >= 11 is 0. The Bertz CT molecular complexity index is 847. The summed E-state index contributed by atoms with van der Waals surface area (Å²) in [5.74, 6) is -0.0767. The molecule has 1 aliphatic heterocycles. The molecule has 26 heavy (non-hydrogen) atoms. The van der Waals surface area contributed by atoms with Gasteiger partial charge in [0.15, 0.2) is 0 Å². The molecule has 2 N–H and O–H groups in total. The van der Waals surface area contributed by atoms with Crippen molar-refractivity contribution < 1.29 is 18.4 Å². The molecular formula is C18H18F2N4O2. The number of H-pyrrole nitrogens is 1. The number of amides is 2. The smallest absolute Gasteiger partial charge is 0.263 e. The summed E-state index contributed by atoms with van der Waals surface area (Å²) in [6.45, 7) is 0.168. The first-order valence-corrected chi connectivity index (χ1v) is 8.56. The van der Waals surface area contributed by atoms with E-state index in [2.05, 4.69) is 15.5 Å². The number of rotatable bonds is 5. The van der Waals surface area contributed by atoms with E-state index in [-0.39, 0.29) is 30.3 Å². The molecule has 1 aromatic carbocycles. The van der Waals surface area contributed by atoms with Crippen molar-refractivity contribution in [3.63, 3.8) is 0 Å². The zero-order valence-corrected chi connectivity index (χ0v) is 13.9.